The van der Waals surface area contributed by atoms with Crippen LogP contribution in [0.2, 0.25) is 5.02 Å². The second-order valence-corrected chi connectivity index (χ2v) is 5.08. The third kappa shape index (κ3) is 3.14. The van der Waals surface area contributed by atoms with Crippen molar-refractivity contribution in [2.24, 2.45) is 5.73 Å². The van der Waals surface area contributed by atoms with E-state index in [9.17, 15) is 4.79 Å². The third-order valence-electron chi connectivity index (χ3n) is 3.31. The van der Waals surface area contributed by atoms with Crippen LogP contribution in [-0.4, -0.2) is 24.1 Å². The van der Waals surface area contributed by atoms with Gasteiger partial charge in [0.1, 0.15) is 0 Å². The Bertz CT molecular complexity index is 510. The summed E-state index contributed by atoms with van der Waals surface area (Å²) in [5.41, 5.74) is 7.38. The number of rotatable bonds is 5. The van der Waals surface area contributed by atoms with Crippen LogP contribution >= 0.6 is 11.6 Å². The first-order valence-corrected chi connectivity index (χ1v) is 6.70. The van der Waals surface area contributed by atoms with Crippen molar-refractivity contribution in [3.63, 3.8) is 0 Å². The predicted molar refractivity (Wildman–Crippen MR) is 74.9 cm³/mol. The monoisotopic (exact) mass is 280 g/mol. The number of halogens is 1. The number of carbonyl (C=O) groups excluding carboxylic acids is 1. The van der Waals surface area contributed by atoms with Gasteiger partial charge in [-0.1, -0.05) is 11.6 Å². The van der Waals surface area contributed by atoms with Gasteiger partial charge in [-0.25, -0.2) is 4.79 Å². The molecule has 0 aliphatic heterocycles. The summed E-state index contributed by atoms with van der Waals surface area (Å²) < 4.78 is 4.80. The highest BCUT2D eigenvalue weighted by molar-refractivity contribution is 6.31. The van der Waals surface area contributed by atoms with Gasteiger partial charge in [-0.05, 0) is 37.5 Å². The molecule has 19 heavy (non-hydrogen) atoms. The molecule has 2 rings (SSSR count). The largest absolute Gasteiger partial charge is 0.463 e. The summed E-state index contributed by atoms with van der Waals surface area (Å²) in [7, 11) is 0. The van der Waals surface area contributed by atoms with Crippen LogP contribution in [0.3, 0.4) is 0 Å². The number of hydrogen-bond donors (Lipinski definition) is 1. The average molecular weight is 281 g/mol. The first-order valence-electron chi connectivity index (χ1n) is 6.32. The molecule has 1 aromatic heterocycles. The topological polar surface area (TPSA) is 65.2 Å². The lowest BCUT2D eigenvalue weighted by atomic mass is 10.0. The van der Waals surface area contributed by atoms with E-state index in [1.165, 1.54) is 6.08 Å². The van der Waals surface area contributed by atoms with E-state index in [1.807, 2.05) is 0 Å². The summed E-state index contributed by atoms with van der Waals surface area (Å²) in [5, 5.41) is 0.606. The van der Waals surface area contributed by atoms with Gasteiger partial charge in [0.2, 0.25) is 0 Å². The number of nitrogens with two attached hydrogens (primary N) is 1. The lowest BCUT2D eigenvalue weighted by molar-refractivity contribution is -0.137. The molecule has 0 spiro atoms. The Morgan fingerprint density at radius 3 is 2.89 bits per heavy atom. The molecule has 1 fully saturated rings. The Hall–Kier alpha value is -1.39. The van der Waals surface area contributed by atoms with Crippen molar-refractivity contribution in [3.05, 3.63) is 34.6 Å². The van der Waals surface area contributed by atoms with Gasteiger partial charge < -0.3 is 10.5 Å². The van der Waals surface area contributed by atoms with E-state index in [4.69, 9.17) is 22.1 Å². The van der Waals surface area contributed by atoms with Gasteiger partial charge in [-0.15, -0.1) is 0 Å². The van der Waals surface area contributed by atoms with Gasteiger partial charge in [0.05, 0.1) is 17.3 Å². The first kappa shape index (κ1) is 14.0. The van der Waals surface area contributed by atoms with Crippen molar-refractivity contribution in [2.45, 2.75) is 25.2 Å². The summed E-state index contributed by atoms with van der Waals surface area (Å²) in [4.78, 5) is 15.6. The molecule has 2 N–H and O–H groups in total. The number of pyridine rings is 1. The number of carbonyl (C=O) groups is 1. The summed E-state index contributed by atoms with van der Waals surface area (Å²) in [6, 6.07) is 1.80. The Balaban J connectivity index is 2.13. The summed E-state index contributed by atoms with van der Waals surface area (Å²) in [6.45, 7) is 2.69. The average Bonchev–Trinajstić information content (AvgIpc) is 3.18. The van der Waals surface area contributed by atoms with E-state index in [-0.39, 0.29) is 11.4 Å². The number of hydrogen-bond acceptors (Lipinski definition) is 4. The van der Waals surface area contributed by atoms with Crippen LogP contribution in [-0.2, 0) is 14.9 Å². The molecule has 102 valence electrons. The fourth-order valence-electron chi connectivity index (χ4n) is 1.98. The van der Waals surface area contributed by atoms with E-state index >= 15 is 0 Å². The van der Waals surface area contributed by atoms with Crippen LogP contribution in [0.25, 0.3) is 6.08 Å². The minimum Gasteiger partial charge on any atom is -0.463 e. The summed E-state index contributed by atoms with van der Waals surface area (Å²) >= 11 is 6.24. The molecule has 0 atom stereocenters. The van der Waals surface area contributed by atoms with E-state index < -0.39 is 0 Å². The number of nitrogens with zero attached hydrogens (tertiary/aromatic N) is 1. The van der Waals surface area contributed by atoms with Gasteiger partial charge in [0, 0.05) is 24.2 Å². The summed E-state index contributed by atoms with van der Waals surface area (Å²) in [6.07, 6.45) is 6.78. The highest BCUT2D eigenvalue weighted by atomic mass is 35.5. The lowest BCUT2D eigenvalue weighted by Crippen LogP contribution is -2.21. The van der Waals surface area contributed by atoms with Crippen LogP contribution in [0.5, 0.6) is 0 Å². The minimum atomic E-state index is -0.372. The van der Waals surface area contributed by atoms with Crippen molar-refractivity contribution >= 4 is 23.6 Å². The normalized spacial score (nSPS) is 16.6. The highest BCUT2D eigenvalue weighted by Crippen LogP contribution is 2.48. The quantitative estimate of drug-likeness (QED) is 0.664. The predicted octanol–water partition coefficient (Wildman–Crippen LogP) is 2.30. The molecular weight excluding hydrogens is 264 g/mol. The van der Waals surface area contributed by atoms with Crippen molar-refractivity contribution in [3.8, 4) is 0 Å². The second kappa shape index (κ2) is 5.72. The zero-order valence-electron chi connectivity index (χ0n) is 10.9. The van der Waals surface area contributed by atoms with Crippen molar-refractivity contribution in [1.29, 1.82) is 0 Å². The van der Waals surface area contributed by atoms with Crippen molar-refractivity contribution < 1.29 is 9.53 Å². The third-order valence-corrected chi connectivity index (χ3v) is 3.60. The molecular formula is C14H17ClN2O2. The minimum absolute atomic E-state index is 0.0273. The van der Waals surface area contributed by atoms with Gasteiger partial charge in [0.25, 0.3) is 0 Å². The molecule has 0 saturated heterocycles. The van der Waals surface area contributed by atoms with E-state index in [0.717, 1.165) is 24.1 Å². The molecule has 0 bridgehead atoms. The van der Waals surface area contributed by atoms with Gasteiger partial charge in [0.15, 0.2) is 0 Å². The molecule has 0 amide bonds. The smallest absolute Gasteiger partial charge is 0.330 e. The van der Waals surface area contributed by atoms with Crippen molar-refractivity contribution in [1.82, 2.24) is 4.98 Å². The standard InChI is InChI=1S/C14H17ClN2O2/c1-2-19-12(18)4-3-10-7-11(15)13(17-8-10)14(9-16)5-6-14/h3-4,7-8H,2,5-6,9,16H2,1H3/b4-3+. The number of ether oxygens (including phenoxy) is 1. The van der Waals surface area contributed by atoms with E-state index in [1.54, 1.807) is 25.3 Å². The molecule has 0 unspecified atom stereocenters. The van der Waals surface area contributed by atoms with Gasteiger partial charge in [-0.2, -0.15) is 0 Å². The number of esters is 1. The van der Waals surface area contributed by atoms with Crippen LogP contribution < -0.4 is 5.73 Å². The molecule has 4 nitrogen and oxygen atoms in total. The van der Waals surface area contributed by atoms with Gasteiger partial charge in [-0.3, -0.25) is 4.98 Å². The maximum absolute atomic E-state index is 11.2. The molecule has 1 aliphatic carbocycles. The number of aromatic nitrogens is 1. The molecule has 1 saturated carbocycles. The maximum atomic E-state index is 11.2. The molecule has 5 heteroatoms. The Labute approximate surface area is 117 Å². The zero-order valence-corrected chi connectivity index (χ0v) is 11.6. The van der Waals surface area contributed by atoms with E-state index in [0.29, 0.717) is 18.2 Å². The zero-order chi connectivity index (χ0) is 13.9. The Morgan fingerprint density at radius 2 is 2.37 bits per heavy atom. The molecule has 1 aliphatic rings. The highest BCUT2D eigenvalue weighted by Gasteiger charge is 2.45. The fraction of sp³-hybridized carbons (Fsp3) is 0.429. The second-order valence-electron chi connectivity index (χ2n) is 4.67. The summed E-state index contributed by atoms with van der Waals surface area (Å²) in [5.74, 6) is -0.372. The van der Waals surface area contributed by atoms with Gasteiger partial charge >= 0.3 is 5.97 Å². The molecule has 1 heterocycles. The Kier molecular flexibility index (Phi) is 4.22. The molecule has 1 aromatic rings. The SMILES string of the molecule is CCOC(=O)/C=C/c1cnc(C2(CN)CC2)c(Cl)c1. The lowest BCUT2D eigenvalue weighted by Gasteiger charge is -2.13. The first-order chi connectivity index (χ1) is 9.11. The molecule has 0 radical (unpaired) electrons. The van der Waals surface area contributed by atoms with Crippen LogP contribution in [0, 0.1) is 0 Å². The van der Waals surface area contributed by atoms with Crippen LogP contribution in [0.4, 0.5) is 0 Å². The van der Waals surface area contributed by atoms with Crippen LogP contribution in [0.1, 0.15) is 31.0 Å². The van der Waals surface area contributed by atoms with Crippen LogP contribution in [0.15, 0.2) is 18.3 Å². The Morgan fingerprint density at radius 1 is 1.63 bits per heavy atom. The van der Waals surface area contributed by atoms with E-state index in [2.05, 4.69) is 4.98 Å². The molecule has 0 aromatic carbocycles. The maximum Gasteiger partial charge on any atom is 0.330 e. The fourth-order valence-corrected chi connectivity index (χ4v) is 2.35. The van der Waals surface area contributed by atoms with Crippen molar-refractivity contribution in [2.75, 3.05) is 13.2 Å².